The van der Waals surface area contributed by atoms with Crippen molar-refractivity contribution in [2.45, 2.75) is 49.3 Å². The predicted octanol–water partition coefficient (Wildman–Crippen LogP) is 4.08. The number of aliphatic hydroxyl groups is 1. The zero-order chi connectivity index (χ0) is 21.7. The van der Waals surface area contributed by atoms with Gasteiger partial charge in [-0.05, 0) is 60.4 Å². The largest absolute Gasteiger partial charge is 0.478 e. The number of hydrogen-bond acceptors (Lipinski definition) is 3. The zero-order valence-electron chi connectivity index (χ0n) is 16.1. The highest BCUT2D eigenvalue weighted by atomic mass is 19.4. The molecule has 2 N–H and O–H groups in total. The van der Waals surface area contributed by atoms with Crippen molar-refractivity contribution in [3.63, 3.8) is 0 Å². The standard InChI is InChI=1S/C23H21F3O4/c24-23(25,26)22(30)12-17-8-6-15-10-16(20(28)29)7-9-18(15)21(17,13-19(22)27)11-14-4-2-1-3-5-14/h1-5,7,9-10,17,30H,6,8,11-13H2,(H,28,29)/t17-,21-,22+/m1/s1. The van der Waals surface area contributed by atoms with Crippen LogP contribution in [-0.2, 0) is 23.1 Å². The molecule has 2 aliphatic rings. The molecular weight excluding hydrogens is 397 g/mol. The second-order valence-electron chi connectivity index (χ2n) is 8.39. The molecule has 0 amide bonds. The maximum Gasteiger partial charge on any atom is 0.424 e. The number of carbonyl (C=O) groups excluding carboxylic acids is 1. The van der Waals surface area contributed by atoms with E-state index in [-0.39, 0.29) is 5.56 Å². The van der Waals surface area contributed by atoms with E-state index >= 15 is 0 Å². The van der Waals surface area contributed by atoms with Crippen molar-refractivity contribution in [1.29, 1.82) is 0 Å². The Morgan fingerprint density at radius 2 is 1.83 bits per heavy atom. The number of fused-ring (bicyclic) bond motifs is 3. The van der Waals surface area contributed by atoms with E-state index in [1.165, 1.54) is 6.07 Å². The first-order valence-corrected chi connectivity index (χ1v) is 9.80. The van der Waals surface area contributed by atoms with Gasteiger partial charge < -0.3 is 10.2 Å². The average Bonchev–Trinajstić information content (AvgIpc) is 2.69. The van der Waals surface area contributed by atoms with Gasteiger partial charge in [-0.3, -0.25) is 4.79 Å². The molecule has 2 aromatic rings. The van der Waals surface area contributed by atoms with Gasteiger partial charge in [0.2, 0.25) is 5.60 Å². The third-order valence-electron chi connectivity index (χ3n) is 6.74. The lowest BCUT2D eigenvalue weighted by Crippen LogP contribution is -2.62. The van der Waals surface area contributed by atoms with Crippen molar-refractivity contribution in [3.05, 3.63) is 70.8 Å². The molecule has 0 unspecified atom stereocenters. The summed E-state index contributed by atoms with van der Waals surface area (Å²) in [5.74, 6) is -2.87. The summed E-state index contributed by atoms with van der Waals surface area (Å²) >= 11 is 0. The Bertz CT molecular complexity index is 1000. The van der Waals surface area contributed by atoms with Crippen molar-refractivity contribution in [3.8, 4) is 0 Å². The van der Waals surface area contributed by atoms with Crippen molar-refractivity contribution < 1.29 is 33.0 Å². The summed E-state index contributed by atoms with van der Waals surface area (Å²) in [7, 11) is 0. The quantitative estimate of drug-likeness (QED) is 0.788. The van der Waals surface area contributed by atoms with Crippen LogP contribution in [-0.4, -0.2) is 33.7 Å². The number of carboxylic acid groups (broad SMARTS) is 1. The van der Waals surface area contributed by atoms with Crippen LogP contribution >= 0.6 is 0 Å². The molecule has 0 radical (unpaired) electrons. The summed E-state index contributed by atoms with van der Waals surface area (Å²) in [4.78, 5) is 24.1. The maximum absolute atomic E-state index is 13.6. The van der Waals surface area contributed by atoms with Crippen molar-refractivity contribution in [1.82, 2.24) is 0 Å². The first-order valence-electron chi connectivity index (χ1n) is 9.80. The lowest BCUT2D eigenvalue weighted by atomic mass is 9.52. The van der Waals surface area contributed by atoms with E-state index in [9.17, 15) is 33.0 Å². The monoisotopic (exact) mass is 418 g/mol. The first kappa shape index (κ1) is 20.6. The molecule has 0 aromatic heterocycles. The Hall–Kier alpha value is -2.67. The Kier molecular flexibility index (Phi) is 4.77. The number of aryl methyl sites for hydroxylation is 1. The van der Waals surface area contributed by atoms with E-state index in [4.69, 9.17) is 0 Å². The van der Waals surface area contributed by atoms with Crippen LogP contribution in [0.3, 0.4) is 0 Å². The molecule has 158 valence electrons. The van der Waals surface area contributed by atoms with Gasteiger partial charge in [-0.15, -0.1) is 0 Å². The third-order valence-corrected chi connectivity index (χ3v) is 6.74. The van der Waals surface area contributed by atoms with Crippen LogP contribution in [0.2, 0.25) is 0 Å². The molecule has 3 atom stereocenters. The summed E-state index contributed by atoms with van der Waals surface area (Å²) < 4.78 is 40.8. The third kappa shape index (κ3) is 3.12. The minimum Gasteiger partial charge on any atom is -0.478 e. The fourth-order valence-corrected chi connectivity index (χ4v) is 5.22. The van der Waals surface area contributed by atoms with E-state index < -0.39 is 47.7 Å². The topological polar surface area (TPSA) is 74.6 Å². The lowest BCUT2D eigenvalue weighted by Gasteiger charge is -2.52. The maximum atomic E-state index is 13.6. The van der Waals surface area contributed by atoms with E-state index in [1.54, 1.807) is 12.1 Å². The average molecular weight is 418 g/mol. The Labute approximate surface area is 171 Å². The van der Waals surface area contributed by atoms with Crippen LogP contribution < -0.4 is 0 Å². The predicted molar refractivity (Wildman–Crippen MR) is 102 cm³/mol. The summed E-state index contributed by atoms with van der Waals surface area (Å²) in [6.45, 7) is 0. The first-order chi connectivity index (χ1) is 14.1. The smallest absolute Gasteiger partial charge is 0.424 e. The number of carboxylic acids is 1. The van der Waals surface area contributed by atoms with Crippen LogP contribution in [0.4, 0.5) is 13.2 Å². The normalized spacial score (nSPS) is 28.5. The highest BCUT2D eigenvalue weighted by molar-refractivity contribution is 5.91. The number of carbonyl (C=O) groups is 2. The second kappa shape index (κ2) is 6.94. The summed E-state index contributed by atoms with van der Waals surface area (Å²) in [6.07, 6.45) is -5.06. The molecule has 4 rings (SSSR count). The molecule has 0 saturated heterocycles. The van der Waals surface area contributed by atoms with Gasteiger partial charge in [-0.25, -0.2) is 4.79 Å². The number of ketones is 1. The van der Waals surface area contributed by atoms with Gasteiger partial charge in [0, 0.05) is 11.8 Å². The zero-order valence-corrected chi connectivity index (χ0v) is 16.1. The van der Waals surface area contributed by atoms with Gasteiger partial charge >= 0.3 is 12.1 Å². The molecular formula is C23H21F3O4. The summed E-state index contributed by atoms with van der Waals surface area (Å²) in [5, 5.41) is 19.6. The number of alkyl halides is 3. The van der Waals surface area contributed by atoms with Gasteiger partial charge in [0.15, 0.2) is 5.78 Å². The van der Waals surface area contributed by atoms with Crippen LogP contribution in [0.5, 0.6) is 0 Å². The summed E-state index contributed by atoms with van der Waals surface area (Å²) in [6, 6.07) is 13.8. The summed E-state index contributed by atoms with van der Waals surface area (Å²) in [5.41, 5.74) is -1.81. The highest BCUT2D eigenvalue weighted by Crippen LogP contribution is 2.55. The fourth-order valence-electron chi connectivity index (χ4n) is 5.22. The van der Waals surface area contributed by atoms with Crippen molar-refractivity contribution in [2.75, 3.05) is 0 Å². The number of Topliss-reactive ketones (excluding diaryl/α,β-unsaturated/α-hetero) is 1. The molecule has 30 heavy (non-hydrogen) atoms. The van der Waals surface area contributed by atoms with Crippen LogP contribution in [0.15, 0.2) is 48.5 Å². The van der Waals surface area contributed by atoms with Crippen LogP contribution in [0, 0.1) is 5.92 Å². The van der Waals surface area contributed by atoms with E-state index in [2.05, 4.69) is 0 Å². The molecule has 0 spiro atoms. The van der Waals surface area contributed by atoms with Crippen LogP contribution in [0.25, 0.3) is 0 Å². The van der Waals surface area contributed by atoms with Gasteiger partial charge in [-0.2, -0.15) is 13.2 Å². The minimum atomic E-state index is -5.03. The van der Waals surface area contributed by atoms with Gasteiger partial charge in [0.1, 0.15) is 0 Å². The number of rotatable bonds is 3. The molecule has 0 aliphatic heterocycles. The Morgan fingerprint density at radius 3 is 2.47 bits per heavy atom. The molecule has 4 nitrogen and oxygen atoms in total. The second-order valence-corrected chi connectivity index (χ2v) is 8.39. The minimum absolute atomic E-state index is 0.107. The van der Waals surface area contributed by atoms with Crippen molar-refractivity contribution >= 4 is 11.8 Å². The SMILES string of the molecule is O=C(O)c1ccc2c(c1)CC[C@@H]1C[C@@](O)(C(F)(F)F)C(=O)C[C@@]21Cc1ccccc1. The van der Waals surface area contributed by atoms with Gasteiger partial charge in [0.25, 0.3) is 0 Å². The van der Waals surface area contributed by atoms with E-state index in [1.807, 2.05) is 30.3 Å². The molecule has 0 heterocycles. The van der Waals surface area contributed by atoms with Crippen molar-refractivity contribution in [2.24, 2.45) is 5.92 Å². The molecule has 2 aromatic carbocycles. The number of hydrogen-bond donors (Lipinski definition) is 2. The number of benzene rings is 2. The Balaban J connectivity index is 1.85. The number of aromatic carboxylic acids is 1. The highest BCUT2D eigenvalue weighted by Gasteiger charge is 2.66. The molecule has 0 bridgehead atoms. The Morgan fingerprint density at radius 1 is 1.13 bits per heavy atom. The van der Waals surface area contributed by atoms with E-state index in [0.717, 1.165) is 11.1 Å². The number of halogens is 3. The van der Waals surface area contributed by atoms with Gasteiger partial charge in [0.05, 0.1) is 5.56 Å². The molecule has 7 heteroatoms. The fraction of sp³-hybridized carbons (Fsp3) is 0.391. The van der Waals surface area contributed by atoms with E-state index in [0.29, 0.717) is 24.8 Å². The molecule has 2 aliphatic carbocycles. The van der Waals surface area contributed by atoms with Crippen LogP contribution in [0.1, 0.15) is 46.3 Å². The van der Waals surface area contributed by atoms with Gasteiger partial charge in [-0.1, -0.05) is 36.4 Å². The lowest BCUT2D eigenvalue weighted by molar-refractivity contribution is -0.263. The molecule has 1 fully saturated rings. The molecule has 1 saturated carbocycles.